The first-order valence-corrected chi connectivity index (χ1v) is 11.9. The van der Waals surface area contributed by atoms with Crippen molar-refractivity contribution in [2.24, 2.45) is 0 Å². The van der Waals surface area contributed by atoms with Crippen LogP contribution >= 0.6 is 11.3 Å². The van der Waals surface area contributed by atoms with Crippen molar-refractivity contribution in [3.8, 4) is 0 Å². The number of aryl methyl sites for hydroxylation is 2. The maximum atomic E-state index is 12.9. The van der Waals surface area contributed by atoms with Crippen molar-refractivity contribution in [1.82, 2.24) is 28.5 Å². The van der Waals surface area contributed by atoms with Gasteiger partial charge in [-0.3, -0.25) is 23.5 Å². The maximum absolute atomic E-state index is 12.9. The van der Waals surface area contributed by atoms with Gasteiger partial charge in [-0.05, 0) is 31.9 Å². The number of nitrogens with one attached hydrogen (secondary N) is 1. The molecule has 34 heavy (non-hydrogen) atoms. The molecule has 0 aliphatic carbocycles. The Morgan fingerprint density at radius 2 is 1.79 bits per heavy atom. The van der Waals surface area contributed by atoms with Crippen LogP contribution in [0.25, 0.3) is 16.1 Å². The lowest BCUT2D eigenvalue weighted by Gasteiger charge is -2.09. The molecular weight excluding hydrogens is 452 g/mol. The quantitative estimate of drug-likeness (QED) is 0.389. The number of carbonyl (C=O) groups is 1. The van der Waals surface area contributed by atoms with Gasteiger partial charge in [-0.1, -0.05) is 24.3 Å². The van der Waals surface area contributed by atoms with Gasteiger partial charge in [0.15, 0.2) is 16.1 Å². The van der Waals surface area contributed by atoms with Gasteiger partial charge in [0, 0.05) is 43.2 Å². The number of aromatic amines is 1. The van der Waals surface area contributed by atoms with Gasteiger partial charge in [0.05, 0.1) is 5.69 Å². The summed E-state index contributed by atoms with van der Waals surface area (Å²) in [5.41, 5.74) is 2.54. The molecule has 0 amide bonds. The number of benzene rings is 1. The average molecular weight is 477 g/mol. The molecule has 0 saturated carbocycles. The van der Waals surface area contributed by atoms with Crippen LogP contribution in [0.2, 0.25) is 0 Å². The summed E-state index contributed by atoms with van der Waals surface area (Å²) in [5.74, 6) is 0.762. The van der Waals surface area contributed by atoms with E-state index in [0.717, 1.165) is 21.8 Å². The molecule has 5 rings (SSSR count). The van der Waals surface area contributed by atoms with Crippen molar-refractivity contribution >= 4 is 33.2 Å². The third kappa shape index (κ3) is 4.01. The third-order valence-electron chi connectivity index (χ3n) is 5.76. The minimum Gasteiger partial charge on any atom is -0.317 e. The molecule has 5 aromatic rings. The van der Waals surface area contributed by atoms with Crippen LogP contribution in [0.15, 0.2) is 46.2 Å². The zero-order valence-electron chi connectivity index (χ0n) is 19.2. The van der Waals surface area contributed by atoms with Crippen LogP contribution in [-0.2, 0) is 30.7 Å². The number of ketones is 1. The minimum absolute atomic E-state index is 0.106. The van der Waals surface area contributed by atoms with E-state index in [1.54, 1.807) is 18.3 Å². The van der Waals surface area contributed by atoms with Crippen LogP contribution in [0.3, 0.4) is 0 Å². The van der Waals surface area contributed by atoms with E-state index in [1.807, 2.05) is 59.5 Å². The van der Waals surface area contributed by atoms with E-state index in [-0.39, 0.29) is 5.78 Å². The monoisotopic (exact) mass is 476 g/mol. The van der Waals surface area contributed by atoms with Gasteiger partial charge < -0.3 is 4.57 Å². The Labute approximate surface area is 198 Å². The molecular formula is C24H24N6O3S. The smallest absolute Gasteiger partial charge is 0.317 e. The highest BCUT2D eigenvalue weighted by atomic mass is 32.1. The number of imidazole rings is 2. The number of aromatic nitrogens is 6. The Kier molecular flexibility index (Phi) is 5.52. The summed E-state index contributed by atoms with van der Waals surface area (Å²) in [6.45, 7) is 6.24. The molecule has 0 aliphatic heterocycles. The van der Waals surface area contributed by atoms with Crippen LogP contribution in [-0.4, -0.2) is 34.3 Å². The number of nitrogens with zero attached hydrogens (tertiary/aromatic N) is 5. The highest BCUT2D eigenvalue weighted by Crippen LogP contribution is 2.21. The molecule has 9 nitrogen and oxygen atoms in total. The molecule has 0 fully saturated rings. The fourth-order valence-corrected chi connectivity index (χ4v) is 5.08. The molecule has 1 N–H and O–H groups in total. The van der Waals surface area contributed by atoms with Gasteiger partial charge in [-0.15, -0.1) is 11.3 Å². The lowest BCUT2D eigenvalue weighted by molar-refractivity contribution is -0.116. The molecule has 0 saturated heterocycles. The van der Waals surface area contributed by atoms with Crippen molar-refractivity contribution < 1.29 is 4.79 Å². The van der Waals surface area contributed by atoms with Crippen LogP contribution in [0.5, 0.6) is 0 Å². The number of thiazole rings is 1. The molecule has 0 radical (unpaired) electrons. The second kappa shape index (κ2) is 8.53. The Bertz CT molecular complexity index is 1620. The summed E-state index contributed by atoms with van der Waals surface area (Å²) in [7, 11) is 0. The highest BCUT2D eigenvalue weighted by molar-refractivity contribution is 7.16. The number of carbonyl (C=O) groups excluding carboxylic acids is 1. The Balaban J connectivity index is 1.61. The predicted molar refractivity (Wildman–Crippen MR) is 131 cm³/mol. The van der Waals surface area contributed by atoms with Crippen molar-refractivity contribution in [3.05, 3.63) is 85.0 Å². The number of hydrogen-bond donors (Lipinski definition) is 1. The first-order chi connectivity index (χ1) is 16.3. The molecule has 0 atom stereocenters. The Morgan fingerprint density at radius 1 is 1.06 bits per heavy atom. The first kappa shape index (κ1) is 22.0. The standard InChI is InChI=1S/C24H24N6O3S/c1-4-29-21-20(22(32)27-23(29)33)30(12-17-7-5-16(6-8-17)9-14(2)31)19(26-21)10-18-13-28-11-15(3)34-24(28)25-18/h5-8,11,13H,4,9-10,12H2,1-3H3,(H,27,32,33). The molecule has 4 aromatic heterocycles. The van der Waals surface area contributed by atoms with E-state index < -0.39 is 11.2 Å². The third-order valence-corrected chi connectivity index (χ3v) is 6.67. The zero-order valence-corrected chi connectivity index (χ0v) is 20.0. The fraction of sp³-hybridized carbons (Fsp3) is 0.292. The number of hydrogen-bond acceptors (Lipinski definition) is 6. The van der Waals surface area contributed by atoms with Gasteiger partial charge in [0.25, 0.3) is 5.56 Å². The van der Waals surface area contributed by atoms with Gasteiger partial charge in [-0.2, -0.15) is 0 Å². The van der Waals surface area contributed by atoms with E-state index in [9.17, 15) is 14.4 Å². The van der Waals surface area contributed by atoms with E-state index in [2.05, 4.69) is 4.98 Å². The summed E-state index contributed by atoms with van der Waals surface area (Å²) in [6.07, 6.45) is 4.80. The lowest BCUT2D eigenvalue weighted by atomic mass is 10.1. The van der Waals surface area contributed by atoms with Crippen LogP contribution < -0.4 is 11.2 Å². The van der Waals surface area contributed by atoms with Gasteiger partial charge >= 0.3 is 5.69 Å². The van der Waals surface area contributed by atoms with E-state index in [4.69, 9.17) is 9.97 Å². The Morgan fingerprint density at radius 3 is 2.47 bits per heavy atom. The molecule has 0 aliphatic rings. The van der Waals surface area contributed by atoms with Gasteiger partial charge in [0.1, 0.15) is 11.6 Å². The molecule has 10 heteroatoms. The minimum atomic E-state index is -0.470. The maximum Gasteiger partial charge on any atom is 0.330 e. The number of fused-ring (bicyclic) bond motifs is 2. The molecule has 0 spiro atoms. The first-order valence-electron chi connectivity index (χ1n) is 11.1. The number of rotatable bonds is 7. The van der Waals surface area contributed by atoms with Crippen LogP contribution in [0, 0.1) is 6.92 Å². The van der Waals surface area contributed by atoms with E-state index in [1.165, 1.54) is 9.44 Å². The van der Waals surface area contributed by atoms with Crippen molar-refractivity contribution in [1.29, 1.82) is 0 Å². The average Bonchev–Trinajstić information content (AvgIpc) is 3.41. The van der Waals surface area contributed by atoms with Crippen molar-refractivity contribution in [3.63, 3.8) is 0 Å². The summed E-state index contributed by atoms with van der Waals surface area (Å²) >= 11 is 1.61. The summed E-state index contributed by atoms with van der Waals surface area (Å²) < 4.78 is 5.32. The van der Waals surface area contributed by atoms with Crippen molar-refractivity contribution in [2.45, 2.75) is 46.7 Å². The summed E-state index contributed by atoms with van der Waals surface area (Å²) in [4.78, 5) is 50.6. The molecule has 0 bridgehead atoms. The summed E-state index contributed by atoms with van der Waals surface area (Å²) in [6, 6.07) is 7.75. The lowest BCUT2D eigenvalue weighted by Crippen LogP contribution is -2.30. The van der Waals surface area contributed by atoms with Crippen LogP contribution in [0.1, 0.15) is 41.4 Å². The normalized spacial score (nSPS) is 11.6. The second-order valence-corrected chi connectivity index (χ2v) is 9.64. The highest BCUT2D eigenvalue weighted by Gasteiger charge is 2.20. The summed E-state index contributed by atoms with van der Waals surface area (Å²) in [5, 5.41) is 0. The molecule has 0 unspecified atom stereocenters. The van der Waals surface area contributed by atoms with E-state index in [0.29, 0.717) is 42.9 Å². The molecule has 4 heterocycles. The zero-order chi connectivity index (χ0) is 24.0. The second-order valence-electron chi connectivity index (χ2n) is 8.43. The van der Waals surface area contributed by atoms with Gasteiger partial charge in [0.2, 0.25) is 0 Å². The molecule has 1 aromatic carbocycles. The molecule has 174 valence electrons. The largest absolute Gasteiger partial charge is 0.330 e. The van der Waals surface area contributed by atoms with Gasteiger partial charge in [-0.25, -0.2) is 14.8 Å². The Hall–Kier alpha value is -3.79. The predicted octanol–water partition coefficient (Wildman–Crippen LogP) is 2.69. The number of H-pyrrole nitrogens is 1. The SMILES string of the molecule is CCn1c(=O)[nH]c(=O)c2c1nc(Cc1cn3cc(C)sc3n1)n2Cc1ccc(CC(C)=O)cc1. The topological polar surface area (TPSA) is 107 Å². The van der Waals surface area contributed by atoms with E-state index >= 15 is 0 Å². The number of Topliss-reactive ketones (excluding diaryl/α,β-unsaturated/α-hetero) is 1. The van der Waals surface area contributed by atoms with Crippen molar-refractivity contribution in [2.75, 3.05) is 0 Å². The fourth-order valence-electron chi connectivity index (χ4n) is 4.26. The van der Waals surface area contributed by atoms with Crippen LogP contribution in [0.4, 0.5) is 0 Å².